The largest absolute Gasteiger partial charge is 0.630 e. The molecule has 1 atom stereocenters. The van der Waals surface area contributed by atoms with Crippen molar-refractivity contribution in [2.24, 2.45) is 0 Å². The van der Waals surface area contributed by atoms with Crippen LogP contribution in [0.4, 0.5) is 0 Å². The van der Waals surface area contributed by atoms with Gasteiger partial charge in [-0.05, 0) is 28.0 Å². The SMILES string of the molecule is CCCCC(=O)N1C[N+]([O-])(Cc2ccc(-c3ccccc3-c3nnn[nH]3)cc2)CN1. The molecule has 1 fully saturated rings. The molecular formula is C21H25N7O2. The summed E-state index contributed by atoms with van der Waals surface area (Å²) in [6, 6.07) is 15.8. The standard InChI is InChI=1S/C21H25N7O2/c1-2-3-8-20(29)27-15-28(30,14-22-27)13-16-9-11-17(12-10-16)18-6-4-5-7-19(18)21-23-25-26-24-21/h4-7,9-12,22H,2-3,8,13-15H2,1H3,(H,23,24,25,26). The van der Waals surface area contributed by atoms with E-state index in [1.807, 2.05) is 55.5 Å². The van der Waals surface area contributed by atoms with Gasteiger partial charge in [-0.15, -0.1) is 5.10 Å². The summed E-state index contributed by atoms with van der Waals surface area (Å²) >= 11 is 0. The number of hydroxylamine groups is 3. The fourth-order valence-electron chi connectivity index (χ4n) is 3.64. The Morgan fingerprint density at radius 1 is 1.17 bits per heavy atom. The summed E-state index contributed by atoms with van der Waals surface area (Å²) in [5.74, 6) is 0.594. The van der Waals surface area contributed by atoms with Gasteiger partial charge in [0.2, 0.25) is 5.91 Å². The van der Waals surface area contributed by atoms with Crippen LogP contribution in [-0.4, -0.2) is 49.5 Å². The molecule has 1 saturated heterocycles. The van der Waals surface area contributed by atoms with Gasteiger partial charge in [0.15, 0.2) is 19.2 Å². The number of amides is 1. The lowest BCUT2D eigenvalue weighted by molar-refractivity contribution is -0.886. The number of aromatic amines is 1. The number of benzene rings is 2. The van der Waals surface area contributed by atoms with Crippen LogP contribution in [0.15, 0.2) is 48.5 Å². The fraction of sp³-hybridized carbons (Fsp3) is 0.333. The highest BCUT2D eigenvalue weighted by atomic mass is 16.6. The van der Waals surface area contributed by atoms with Crippen molar-refractivity contribution in [1.82, 2.24) is 31.1 Å². The van der Waals surface area contributed by atoms with Gasteiger partial charge in [0.05, 0.1) is 0 Å². The Morgan fingerprint density at radius 2 is 1.93 bits per heavy atom. The number of carbonyl (C=O) groups excluding carboxylic acids is 1. The molecule has 1 aromatic heterocycles. The van der Waals surface area contributed by atoms with Crippen molar-refractivity contribution in [2.45, 2.75) is 32.7 Å². The molecule has 0 radical (unpaired) electrons. The zero-order valence-electron chi connectivity index (χ0n) is 16.9. The highest BCUT2D eigenvalue weighted by Crippen LogP contribution is 2.30. The molecule has 9 heteroatoms. The van der Waals surface area contributed by atoms with Gasteiger partial charge in [0.1, 0.15) is 6.54 Å². The second-order valence-corrected chi connectivity index (χ2v) is 7.59. The number of hydrogen-bond acceptors (Lipinski definition) is 6. The number of unbranched alkanes of at least 4 members (excludes halogenated alkanes) is 1. The highest BCUT2D eigenvalue weighted by Gasteiger charge is 2.32. The molecule has 2 heterocycles. The van der Waals surface area contributed by atoms with Crippen molar-refractivity contribution in [3.63, 3.8) is 0 Å². The van der Waals surface area contributed by atoms with Crippen LogP contribution in [-0.2, 0) is 11.3 Å². The molecule has 0 spiro atoms. The zero-order chi connectivity index (χ0) is 21.0. The number of aromatic nitrogens is 4. The van der Waals surface area contributed by atoms with E-state index < -0.39 is 4.65 Å². The van der Waals surface area contributed by atoms with E-state index in [0.717, 1.165) is 35.1 Å². The summed E-state index contributed by atoms with van der Waals surface area (Å²) in [5.41, 5.74) is 6.81. The third-order valence-corrected chi connectivity index (χ3v) is 5.26. The molecule has 1 aliphatic rings. The molecule has 1 amide bonds. The van der Waals surface area contributed by atoms with E-state index in [1.165, 1.54) is 5.01 Å². The van der Waals surface area contributed by atoms with E-state index in [1.54, 1.807) is 0 Å². The van der Waals surface area contributed by atoms with E-state index >= 15 is 0 Å². The molecule has 4 rings (SSSR count). The first-order valence-electron chi connectivity index (χ1n) is 10.1. The smallest absolute Gasteiger partial charge is 0.241 e. The van der Waals surface area contributed by atoms with E-state index in [0.29, 0.717) is 18.8 Å². The molecule has 0 saturated carbocycles. The number of nitrogens with zero attached hydrogens (tertiary/aromatic N) is 5. The van der Waals surface area contributed by atoms with Gasteiger partial charge in [-0.1, -0.05) is 61.9 Å². The van der Waals surface area contributed by atoms with Crippen LogP contribution in [0.5, 0.6) is 0 Å². The number of H-pyrrole nitrogens is 1. The maximum absolute atomic E-state index is 13.1. The van der Waals surface area contributed by atoms with Crippen LogP contribution in [0.2, 0.25) is 0 Å². The van der Waals surface area contributed by atoms with Crippen molar-refractivity contribution < 1.29 is 9.44 Å². The lowest BCUT2D eigenvalue weighted by Crippen LogP contribution is -2.41. The Hall–Kier alpha value is -3.14. The minimum absolute atomic E-state index is 0.0124. The molecule has 2 N–H and O–H groups in total. The third kappa shape index (κ3) is 4.38. The third-order valence-electron chi connectivity index (χ3n) is 5.26. The maximum Gasteiger partial charge on any atom is 0.241 e. The van der Waals surface area contributed by atoms with Crippen LogP contribution in [0.3, 0.4) is 0 Å². The second kappa shape index (κ2) is 8.70. The van der Waals surface area contributed by atoms with Gasteiger partial charge in [0, 0.05) is 17.5 Å². The van der Waals surface area contributed by atoms with Gasteiger partial charge in [-0.3, -0.25) is 4.79 Å². The Bertz CT molecular complexity index is 991. The highest BCUT2D eigenvalue weighted by molar-refractivity contribution is 5.80. The predicted octanol–water partition coefficient (Wildman–Crippen LogP) is 2.80. The first kappa shape index (κ1) is 20.1. The Morgan fingerprint density at radius 3 is 2.63 bits per heavy atom. The summed E-state index contributed by atoms with van der Waals surface area (Å²) < 4.78 is -0.489. The van der Waals surface area contributed by atoms with Gasteiger partial charge >= 0.3 is 0 Å². The normalized spacial score (nSPS) is 18.7. The van der Waals surface area contributed by atoms with Gasteiger partial charge in [-0.25, -0.2) is 10.1 Å². The minimum atomic E-state index is -0.489. The molecule has 1 unspecified atom stereocenters. The van der Waals surface area contributed by atoms with E-state index in [2.05, 4.69) is 26.0 Å². The first-order valence-corrected chi connectivity index (χ1v) is 10.1. The average molecular weight is 407 g/mol. The molecule has 1 aliphatic heterocycles. The number of tetrazole rings is 1. The summed E-state index contributed by atoms with van der Waals surface area (Å²) in [5, 5.41) is 28.7. The molecule has 156 valence electrons. The number of hydrogen-bond donors (Lipinski definition) is 2. The zero-order valence-corrected chi connectivity index (χ0v) is 16.9. The summed E-state index contributed by atoms with van der Waals surface area (Å²) in [6.07, 6.45) is 2.26. The first-order chi connectivity index (χ1) is 14.6. The Kier molecular flexibility index (Phi) is 5.84. The maximum atomic E-state index is 13.1. The molecule has 0 bridgehead atoms. The molecule has 2 aromatic carbocycles. The number of quaternary nitrogens is 1. The van der Waals surface area contributed by atoms with Gasteiger partial charge in [0.25, 0.3) is 0 Å². The van der Waals surface area contributed by atoms with Crippen LogP contribution >= 0.6 is 0 Å². The molecule has 30 heavy (non-hydrogen) atoms. The van der Waals surface area contributed by atoms with Crippen molar-refractivity contribution in [3.05, 3.63) is 59.3 Å². The van der Waals surface area contributed by atoms with Crippen LogP contribution in [0.1, 0.15) is 31.7 Å². The molecule has 3 aromatic rings. The van der Waals surface area contributed by atoms with E-state index in [4.69, 9.17) is 0 Å². The predicted molar refractivity (Wildman–Crippen MR) is 112 cm³/mol. The Labute approximate surface area is 174 Å². The lowest BCUT2D eigenvalue weighted by Gasteiger charge is -2.36. The number of rotatable bonds is 7. The van der Waals surface area contributed by atoms with Crippen LogP contribution in [0, 0.1) is 5.21 Å². The average Bonchev–Trinajstić information content (AvgIpc) is 3.43. The molecule has 9 nitrogen and oxygen atoms in total. The lowest BCUT2D eigenvalue weighted by atomic mass is 9.98. The number of carbonyl (C=O) groups is 1. The van der Waals surface area contributed by atoms with E-state index in [-0.39, 0.29) is 19.2 Å². The van der Waals surface area contributed by atoms with Crippen molar-refractivity contribution >= 4 is 5.91 Å². The fourth-order valence-corrected chi connectivity index (χ4v) is 3.64. The molecular weight excluding hydrogens is 382 g/mol. The van der Waals surface area contributed by atoms with Crippen molar-refractivity contribution in [3.8, 4) is 22.5 Å². The number of hydrazine groups is 1. The summed E-state index contributed by atoms with van der Waals surface area (Å²) in [7, 11) is 0. The van der Waals surface area contributed by atoms with E-state index in [9.17, 15) is 10.0 Å². The monoisotopic (exact) mass is 407 g/mol. The topological polar surface area (TPSA) is 110 Å². The van der Waals surface area contributed by atoms with Crippen molar-refractivity contribution in [1.29, 1.82) is 0 Å². The summed E-state index contributed by atoms with van der Waals surface area (Å²) in [6.45, 7) is 2.67. The van der Waals surface area contributed by atoms with Crippen molar-refractivity contribution in [2.75, 3.05) is 13.3 Å². The number of nitrogens with one attached hydrogen (secondary N) is 2. The summed E-state index contributed by atoms with van der Waals surface area (Å²) in [4.78, 5) is 12.2. The van der Waals surface area contributed by atoms with Crippen LogP contribution < -0.4 is 5.43 Å². The van der Waals surface area contributed by atoms with Gasteiger partial charge in [-0.2, -0.15) is 5.43 Å². The quantitative estimate of drug-likeness (QED) is 0.460. The molecule has 0 aliphatic carbocycles. The minimum Gasteiger partial charge on any atom is -0.630 e. The Balaban J connectivity index is 1.46. The van der Waals surface area contributed by atoms with Gasteiger partial charge < -0.3 is 9.85 Å². The second-order valence-electron chi connectivity index (χ2n) is 7.59. The van der Waals surface area contributed by atoms with Crippen LogP contribution in [0.25, 0.3) is 22.5 Å².